The highest BCUT2D eigenvalue weighted by Gasteiger charge is 2.36. The van der Waals surface area contributed by atoms with Crippen LogP contribution in [0.25, 0.3) is 94.7 Å². The molecule has 53 heavy (non-hydrogen) atoms. The second-order valence-corrected chi connectivity index (χ2v) is 14.4. The Labute approximate surface area is 305 Å². The maximum atomic E-state index is 6.52. The van der Waals surface area contributed by atoms with E-state index in [0.29, 0.717) is 17.6 Å². The molecule has 0 amide bonds. The van der Waals surface area contributed by atoms with Crippen LogP contribution in [0.5, 0.6) is 0 Å². The van der Waals surface area contributed by atoms with Gasteiger partial charge in [-0.15, -0.1) is 0 Å². The van der Waals surface area contributed by atoms with Gasteiger partial charge in [-0.25, -0.2) is 4.98 Å². The van der Waals surface area contributed by atoms with Crippen LogP contribution in [0.15, 0.2) is 162 Å². The van der Waals surface area contributed by atoms with Gasteiger partial charge in [0.2, 0.25) is 5.95 Å². The Bertz CT molecular complexity index is 3080. The second-order valence-electron chi connectivity index (χ2n) is 14.4. The largest absolute Gasteiger partial charge is 0.456 e. The van der Waals surface area contributed by atoms with E-state index in [1.807, 2.05) is 42.5 Å². The van der Waals surface area contributed by atoms with E-state index in [0.717, 1.165) is 60.6 Å². The molecular weight excluding hydrogens is 649 g/mol. The fourth-order valence-electron chi connectivity index (χ4n) is 8.51. The number of fused-ring (bicyclic) bond motifs is 9. The summed E-state index contributed by atoms with van der Waals surface area (Å²) in [5.41, 5.74) is 12.9. The molecule has 1 aliphatic rings. The van der Waals surface area contributed by atoms with E-state index in [1.54, 1.807) is 0 Å². The van der Waals surface area contributed by atoms with Gasteiger partial charge in [-0.05, 0) is 69.8 Å². The van der Waals surface area contributed by atoms with E-state index in [9.17, 15) is 0 Å². The van der Waals surface area contributed by atoms with Crippen molar-refractivity contribution in [1.82, 2.24) is 19.5 Å². The Morgan fingerprint density at radius 2 is 1.15 bits per heavy atom. The lowest BCUT2D eigenvalue weighted by Crippen LogP contribution is -2.14. The highest BCUT2D eigenvalue weighted by Crippen LogP contribution is 2.51. The van der Waals surface area contributed by atoms with Gasteiger partial charge in [-0.2, -0.15) is 9.97 Å². The summed E-state index contributed by atoms with van der Waals surface area (Å²) in [4.78, 5) is 15.6. The van der Waals surface area contributed by atoms with Gasteiger partial charge in [0.05, 0.1) is 11.0 Å². The van der Waals surface area contributed by atoms with Crippen molar-refractivity contribution in [2.24, 2.45) is 0 Å². The highest BCUT2D eigenvalue weighted by atomic mass is 16.3. The zero-order valence-corrected chi connectivity index (χ0v) is 29.2. The Kier molecular flexibility index (Phi) is 6.23. The highest BCUT2D eigenvalue weighted by molar-refractivity contribution is 6.13. The zero-order chi connectivity index (χ0) is 35.3. The number of benzene rings is 7. The van der Waals surface area contributed by atoms with Gasteiger partial charge >= 0.3 is 0 Å². The van der Waals surface area contributed by atoms with Crippen LogP contribution in [0.3, 0.4) is 0 Å². The normalized spacial score (nSPS) is 13.2. The molecule has 0 N–H and O–H groups in total. The fraction of sp³-hybridized carbons (Fsp3) is 0.0625. The third-order valence-corrected chi connectivity index (χ3v) is 11.1. The van der Waals surface area contributed by atoms with Gasteiger partial charge < -0.3 is 4.42 Å². The average Bonchev–Trinajstić information content (AvgIpc) is 3.82. The molecule has 10 aromatic rings. The fourth-order valence-corrected chi connectivity index (χ4v) is 8.51. The molecular formula is C48H32N4O. The Morgan fingerprint density at radius 1 is 0.453 bits per heavy atom. The number of hydrogen-bond acceptors (Lipinski definition) is 4. The molecule has 0 atom stereocenters. The summed E-state index contributed by atoms with van der Waals surface area (Å²) < 4.78 is 8.73. The standard InChI is InChI=1S/C48H32N4O/c1-48(2)38-21-11-9-18-33(38)36-28-41-37(27-39(36)48)34-19-10-12-22-40(34)52(41)47-50-45(30-16-7-4-8-17-30)49-46(51-47)31-24-25-35-43(26-31)53-42-23-13-20-32(44(35)42)29-14-5-3-6-15-29/h3-28H,1-2H3. The molecule has 3 aromatic heterocycles. The molecule has 0 radical (unpaired) electrons. The molecule has 7 aromatic carbocycles. The molecule has 5 nitrogen and oxygen atoms in total. The first-order valence-electron chi connectivity index (χ1n) is 18.0. The van der Waals surface area contributed by atoms with Gasteiger partial charge in [-0.3, -0.25) is 4.57 Å². The van der Waals surface area contributed by atoms with Crippen LogP contribution in [0.1, 0.15) is 25.0 Å². The van der Waals surface area contributed by atoms with Crippen molar-refractivity contribution < 1.29 is 4.42 Å². The average molecular weight is 681 g/mol. The minimum Gasteiger partial charge on any atom is -0.456 e. The molecule has 11 rings (SSSR count). The van der Waals surface area contributed by atoms with Crippen molar-refractivity contribution in [3.63, 3.8) is 0 Å². The Morgan fingerprint density at radius 3 is 1.98 bits per heavy atom. The first-order valence-corrected chi connectivity index (χ1v) is 18.0. The molecule has 250 valence electrons. The van der Waals surface area contributed by atoms with Gasteiger partial charge in [0, 0.05) is 38.1 Å². The van der Waals surface area contributed by atoms with Crippen molar-refractivity contribution in [2.75, 3.05) is 0 Å². The molecule has 1 aliphatic carbocycles. The van der Waals surface area contributed by atoms with Crippen LogP contribution in [-0.2, 0) is 5.41 Å². The van der Waals surface area contributed by atoms with Crippen LogP contribution < -0.4 is 0 Å². The predicted molar refractivity (Wildman–Crippen MR) is 215 cm³/mol. The molecule has 0 spiro atoms. The lowest BCUT2D eigenvalue weighted by Gasteiger charge is -2.21. The van der Waals surface area contributed by atoms with E-state index < -0.39 is 0 Å². The quantitative estimate of drug-likeness (QED) is 0.186. The zero-order valence-electron chi connectivity index (χ0n) is 29.2. The lowest BCUT2D eigenvalue weighted by molar-refractivity contribution is 0.661. The molecule has 0 fully saturated rings. The van der Waals surface area contributed by atoms with Gasteiger partial charge in [0.15, 0.2) is 11.6 Å². The number of hydrogen-bond donors (Lipinski definition) is 0. The maximum Gasteiger partial charge on any atom is 0.238 e. The third kappa shape index (κ3) is 4.40. The Balaban J connectivity index is 1.16. The molecule has 3 heterocycles. The summed E-state index contributed by atoms with van der Waals surface area (Å²) in [6.07, 6.45) is 0. The smallest absolute Gasteiger partial charge is 0.238 e. The van der Waals surface area contributed by atoms with Crippen molar-refractivity contribution >= 4 is 43.7 Å². The summed E-state index contributed by atoms with van der Waals surface area (Å²) in [7, 11) is 0. The minimum absolute atomic E-state index is 0.110. The summed E-state index contributed by atoms with van der Waals surface area (Å²) in [6, 6.07) is 55.3. The number of furan rings is 1. The SMILES string of the molecule is CC1(C)c2ccccc2-c2cc3c(cc21)c1ccccc1n3-c1nc(-c2ccccc2)nc(-c2ccc3c(c2)oc2cccc(-c4ccccc4)c23)n1. The minimum atomic E-state index is -0.110. The predicted octanol–water partition coefficient (Wildman–Crippen LogP) is 12.2. The first kappa shape index (κ1) is 29.8. The van der Waals surface area contributed by atoms with Crippen LogP contribution in [-0.4, -0.2) is 19.5 Å². The van der Waals surface area contributed by atoms with E-state index in [-0.39, 0.29) is 5.41 Å². The number of aromatic nitrogens is 4. The summed E-state index contributed by atoms with van der Waals surface area (Å²) in [5, 5.41) is 4.50. The Hall–Kier alpha value is -6.85. The lowest BCUT2D eigenvalue weighted by atomic mass is 9.82. The topological polar surface area (TPSA) is 56.7 Å². The van der Waals surface area contributed by atoms with Crippen LogP contribution in [0, 0.1) is 0 Å². The van der Waals surface area contributed by atoms with Crippen molar-refractivity contribution in [3.05, 3.63) is 169 Å². The monoisotopic (exact) mass is 680 g/mol. The number of rotatable bonds is 4. The molecule has 0 saturated carbocycles. The first-order chi connectivity index (χ1) is 26.0. The third-order valence-electron chi connectivity index (χ3n) is 11.1. The van der Waals surface area contributed by atoms with Crippen molar-refractivity contribution in [3.8, 4) is 51.0 Å². The summed E-state index contributed by atoms with van der Waals surface area (Å²) in [5.74, 6) is 1.76. The van der Waals surface area contributed by atoms with Crippen LogP contribution in [0.2, 0.25) is 0 Å². The van der Waals surface area contributed by atoms with Crippen molar-refractivity contribution in [1.29, 1.82) is 0 Å². The van der Waals surface area contributed by atoms with Gasteiger partial charge in [0.1, 0.15) is 11.2 Å². The van der Waals surface area contributed by atoms with E-state index in [2.05, 4.69) is 134 Å². The van der Waals surface area contributed by atoms with E-state index in [4.69, 9.17) is 19.4 Å². The van der Waals surface area contributed by atoms with Crippen LogP contribution in [0.4, 0.5) is 0 Å². The second kappa shape index (κ2) is 11.1. The maximum absolute atomic E-state index is 6.52. The molecule has 0 aliphatic heterocycles. The van der Waals surface area contributed by atoms with Crippen LogP contribution >= 0.6 is 0 Å². The molecule has 0 unspecified atom stereocenters. The summed E-state index contributed by atoms with van der Waals surface area (Å²) >= 11 is 0. The van der Waals surface area contributed by atoms with Gasteiger partial charge in [-0.1, -0.05) is 135 Å². The number of nitrogens with zero attached hydrogens (tertiary/aromatic N) is 4. The molecule has 5 heteroatoms. The van der Waals surface area contributed by atoms with Gasteiger partial charge in [0.25, 0.3) is 0 Å². The van der Waals surface area contributed by atoms with Crippen molar-refractivity contribution in [2.45, 2.75) is 19.3 Å². The summed E-state index contributed by atoms with van der Waals surface area (Å²) in [6.45, 7) is 4.66. The van der Waals surface area contributed by atoms with E-state index >= 15 is 0 Å². The molecule has 0 bridgehead atoms. The number of para-hydroxylation sites is 1. The van der Waals surface area contributed by atoms with E-state index in [1.165, 1.54) is 27.6 Å². The molecule has 0 saturated heterocycles.